The number of carbonyl (C=O) groups is 1. The maximum atomic E-state index is 14.8. The average Bonchev–Trinajstić information content (AvgIpc) is 3.15. The van der Waals surface area contributed by atoms with Crippen molar-refractivity contribution >= 4 is 5.97 Å². The molecule has 0 bridgehead atoms. The molecule has 0 radical (unpaired) electrons. The van der Waals surface area contributed by atoms with E-state index in [0.717, 1.165) is 11.1 Å². The number of nitrogens with zero attached hydrogens (tertiary/aromatic N) is 2. The minimum Gasteiger partial charge on any atom is -0.492 e. The van der Waals surface area contributed by atoms with Crippen molar-refractivity contribution in [3.8, 4) is 16.9 Å². The van der Waals surface area contributed by atoms with Gasteiger partial charge in [0, 0.05) is 12.5 Å². The van der Waals surface area contributed by atoms with Gasteiger partial charge in [-0.2, -0.15) is 0 Å². The number of benzene rings is 2. The third-order valence-electron chi connectivity index (χ3n) is 5.18. The van der Waals surface area contributed by atoms with E-state index in [1.165, 1.54) is 12.1 Å². The zero-order chi connectivity index (χ0) is 24.3. The molecular formula is C26H31FN2O4. The fourth-order valence-electron chi connectivity index (χ4n) is 3.50. The largest absolute Gasteiger partial charge is 0.492 e. The van der Waals surface area contributed by atoms with Crippen LogP contribution in [-0.4, -0.2) is 27.9 Å². The first-order valence-corrected chi connectivity index (χ1v) is 11.0. The monoisotopic (exact) mass is 454 g/mol. The summed E-state index contributed by atoms with van der Waals surface area (Å²) in [6, 6.07) is 10.5. The molecule has 0 amide bonds. The van der Waals surface area contributed by atoms with E-state index in [0.29, 0.717) is 29.4 Å². The van der Waals surface area contributed by atoms with E-state index in [1.54, 1.807) is 13.0 Å². The number of aromatic nitrogens is 2. The van der Waals surface area contributed by atoms with Gasteiger partial charge in [0.2, 0.25) is 11.8 Å². The summed E-state index contributed by atoms with van der Waals surface area (Å²) in [6.07, 6.45) is -0.302. The van der Waals surface area contributed by atoms with Gasteiger partial charge >= 0.3 is 5.97 Å². The van der Waals surface area contributed by atoms with Gasteiger partial charge in [0.25, 0.3) is 0 Å². The molecule has 1 aromatic heterocycles. The summed E-state index contributed by atoms with van der Waals surface area (Å²) in [4.78, 5) is 11.6. The molecule has 1 atom stereocenters. The van der Waals surface area contributed by atoms with E-state index < -0.39 is 17.7 Å². The van der Waals surface area contributed by atoms with E-state index in [2.05, 4.69) is 44.8 Å². The lowest BCUT2D eigenvalue weighted by molar-refractivity contribution is -0.137. The van der Waals surface area contributed by atoms with Gasteiger partial charge in [-0.15, -0.1) is 10.2 Å². The molecule has 6 nitrogen and oxygen atoms in total. The minimum atomic E-state index is -1.04. The Morgan fingerprint density at radius 2 is 1.85 bits per heavy atom. The number of carboxylic acid groups (broad SMARTS) is 1. The van der Waals surface area contributed by atoms with E-state index in [-0.39, 0.29) is 23.6 Å². The maximum absolute atomic E-state index is 14.8. The molecule has 0 aliphatic rings. The van der Waals surface area contributed by atoms with Crippen molar-refractivity contribution < 1.29 is 23.4 Å². The number of rotatable bonds is 8. The Kier molecular flexibility index (Phi) is 7.20. The van der Waals surface area contributed by atoms with E-state index in [9.17, 15) is 14.3 Å². The fourth-order valence-corrected chi connectivity index (χ4v) is 3.50. The number of ether oxygens (including phenoxy) is 1. The normalized spacial score (nSPS) is 12.7. The van der Waals surface area contributed by atoms with Crippen molar-refractivity contribution in [3.63, 3.8) is 0 Å². The lowest BCUT2D eigenvalue weighted by Gasteiger charge is -2.22. The third-order valence-corrected chi connectivity index (χ3v) is 5.18. The molecule has 0 spiro atoms. The lowest BCUT2D eigenvalue weighted by Crippen LogP contribution is -2.17. The Balaban J connectivity index is 2.12. The summed E-state index contributed by atoms with van der Waals surface area (Å²) >= 11 is 0. The summed E-state index contributed by atoms with van der Waals surface area (Å²) in [7, 11) is 0. The summed E-state index contributed by atoms with van der Waals surface area (Å²) in [5.41, 5.74) is 2.84. The number of halogens is 1. The lowest BCUT2D eigenvalue weighted by atomic mass is 9.90. The second-order valence-corrected chi connectivity index (χ2v) is 9.84. The molecule has 1 heterocycles. The second-order valence-electron chi connectivity index (χ2n) is 9.84. The third kappa shape index (κ3) is 6.40. The van der Waals surface area contributed by atoms with Crippen LogP contribution < -0.4 is 4.74 Å². The molecule has 0 saturated carbocycles. The highest BCUT2D eigenvalue weighted by Gasteiger charge is 2.25. The Bertz CT molecular complexity index is 1130. The second kappa shape index (κ2) is 9.73. The van der Waals surface area contributed by atoms with Gasteiger partial charge < -0.3 is 14.3 Å². The average molecular weight is 455 g/mol. The van der Waals surface area contributed by atoms with E-state index in [1.807, 2.05) is 18.2 Å². The quantitative estimate of drug-likeness (QED) is 0.427. The summed E-state index contributed by atoms with van der Waals surface area (Å²) < 4.78 is 26.5. The van der Waals surface area contributed by atoms with Gasteiger partial charge in [0.05, 0.1) is 18.9 Å². The topological polar surface area (TPSA) is 85.5 Å². The standard InChI is InChI=1S/C26H31FN2O4/c1-15(2)17-7-8-23(32-14-26(4,5)6)21(12-17)18-9-19(11-20(27)10-18)22(13-24(30)31)25-29-28-16(3)33-25/h7-12,15,22H,13-14H2,1-6H3,(H,30,31). The molecule has 3 aromatic rings. The fraction of sp³-hybridized carbons (Fsp3) is 0.423. The van der Waals surface area contributed by atoms with Crippen LogP contribution in [-0.2, 0) is 4.79 Å². The number of aliphatic carboxylic acids is 1. The van der Waals surface area contributed by atoms with Crippen molar-refractivity contribution in [2.75, 3.05) is 6.61 Å². The summed E-state index contributed by atoms with van der Waals surface area (Å²) in [5, 5.41) is 17.3. The van der Waals surface area contributed by atoms with Gasteiger partial charge in [0.1, 0.15) is 11.6 Å². The Morgan fingerprint density at radius 1 is 1.12 bits per heavy atom. The molecule has 3 rings (SSSR count). The van der Waals surface area contributed by atoms with Crippen molar-refractivity contribution in [1.82, 2.24) is 10.2 Å². The highest BCUT2D eigenvalue weighted by molar-refractivity contribution is 5.73. The SMILES string of the molecule is Cc1nnc(C(CC(=O)O)c2cc(F)cc(-c3cc(C(C)C)ccc3OCC(C)(C)C)c2)o1. The molecule has 0 aliphatic heterocycles. The highest BCUT2D eigenvalue weighted by atomic mass is 19.1. The highest BCUT2D eigenvalue weighted by Crippen LogP contribution is 2.37. The smallest absolute Gasteiger partial charge is 0.304 e. The van der Waals surface area contributed by atoms with Gasteiger partial charge in [-0.1, -0.05) is 40.7 Å². The van der Waals surface area contributed by atoms with Crippen LogP contribution in [0.3, 0.4) is 0 Å². The predicted molar refractivity (Wildman–Crippen MR) is 124 cm³/mol. The van der Waals surface area contributed by atoms with E-state index >= 15 is 0 Å². The molecule has 2 aromatic carbocycles. The van der Waals surface area contributed by atoms with Gasteiger partial charge in [-0.3, -0.25) is 4.79 Å². The molecule has 1 unspecified atom stereocenters. The van der Waals surface area contributed by atoms with Gasteiger partial charge in [-0.05, 0) is 58.4 Å². The molecule has 1 N–H and O–H groups in total. The van der Waals surface area contributed by atoms with Crippen LogP contribution in [0.15, 0.2) is 40.8 Å². The van der Waals surface area contributed by atoms with Crippen molar-refractivity contribution in [2.24, 2.45) is 5.41 Å². The van der Waals surface area contributed by atoms with Crippen LogP contribution >= 0.6 is 0 Å². The number of carboxylic acids is 1. The zero-order valence-electron chi connectivity index (χ0n) is 20.0. The summed E-state index contributed by atoms with van der Waals surface area (Å²) in [6.45, 7) is 12.5. The van der Waals surface area contributed by atoms with Crippen molar-refractivity contribution in [1.29, 1.82) is 0 Å². The zero-order valence-corrected chi connectivity index (χ0v) is 20.0. The van der Waals surface area contributed by atoms with Crippen LogP contribution in [0.4, 0.5) is 4.39 Å². The van der Waals surface area contributed by atoms with Crippen LogP contribution in [0.5, 0.6) is 5.75 Å². The molecule has 33 heavy (non-hydrogen) atoms. The Labute approximate surface area is 193 Å². The van der Waals surface area contributed by atoms with Gasteiger partial charge in [-0.25, -0.2) is 4.39 Å². The predicted octanol–water partition coefficient (Wildman–Crippen LogP) is 6.34. The molecule has 0 aliphatic carbocycles. The number of hydrogen-bond acceptors (Lipinski definition) is 5. The Hall–Kier alpha value is -3.22. The Morgan fingerprint density at radius 3 is 2.42 bits per heavy atom. The first-order valence-electron chi connectivity index (χ1n) is 11.0. The summed E-state index contributed by atoms with van der Waals surface area (Å²) in [5.74, 6) is -0.913. The molecule has 0 fully saturated rings. The van der Waals surface area contributed by atoms with Crippen LogP contribution in [0.1, 0.15) is 75.8 Å². The van der Waals surface area contributed by atoms with Crippen LogP contribution in [0.25, 0.3) is 11.1 Å². The van der Waals surface area contributed by atoms with Crippen molar-refractivity contribution in [2.45, 2.75) is 59.8 Å². The maximum Gasteiger partial charge on any atom is 0.304 e. The van der Waals surface area contributed by atoms with E-state index in [4.69, 9.17) is 9.15 Å². The number of hydrogen-bond donors (Lipinski definition) is 1. The van der Waals surface area contributed by atoms with Crippen LogP contribution in [0.2, 0.25) is 0 Å². The minimum absolute atomic E-state index is 0.0521. The molecule has 7 heteroatoms. The first kappa shape index (κ1) is 24.4. The number of aryl methyl sites for hydroxylation is 1. The first-order chi connectivity index (χ1) is 15.4. The van der Waals surface area contributed by atoms with Gasteiger partial charge in [0.15, 0.2) is 0 Å². The van der Waals surface area contributed by atoms with Crippen LogP contribution in [0, 0.1) is 18.2 Å². The molecule has 0 saturated heterocycles. The molecule has 176 valence electrons. The molecular weight excluding hydrogens is 423 g/mol. The van der Waals surface area contributed by atoms with Crippen molar-refractivity contribution in [3.05, 3.63) is 65.1 Å².